The van der Waals surface area contributed by atoms with Crippen molar-refractivity contribution < 1.29 is 0 Å². The van der Waals surface area contributed by atoms with E-state index in [0.717, 1.165) is 22.6 Å². The highest BCUT2D eigenvalue weighted by Gasteiger charge is 2.25. The average Bonchev–Trinajstić information content (AvgIpc) is 2.34. The van der Waals surface area contributed by atoms with Crippen molar-refractivity contribution in [1.82, 2.24) is 5.32 Å². The van der Waals surface area contributed by atoms with Gasteiger partial charge in [-0.1, -0.05) is 43.9 Å². The smallest absolute Gasteiger partial charge is 0.0551 e. The molecular weight excluding hydrogens is 310 g/mol. The van der Waals surface area contributed by atoms with E-state index in [1.807, 2.05) is 12.1 Å². The van der Waals surface area contributed by atoms with Gasteiger partial charge in [0.1, 0.15) is 0 Å². The van der Waals surface area contributed by atoms with Crippen LogP contribution in [0, 0.1) is 5.41 Å². The van der Waals surface area contributed by atoms with Crippen molar-refractivity contribution >= 4 is 27.5 Å². The fourth-order valence-corrected chi connectivity index (χ4v) is 3.19. The summed E-state index contributed by atoms with van der Waals surface area (Å²) < 4.78 is 0.965. The van der Waals surface area contributed by atoms with Gasteiger partial charge in [0, 0.05) is 17.6 Å². The first-order valence-corrected chi connectivity index (χ1v) is 7.91. The van der Waals surface area contributed by atoms with Crippen molar-refractivity contribution in [3.05, 3.63) is 33.3 Å². The highest BCUT2D eigenvalue weighted by molar-refractivity contribution is 9.10. The molecular formula is C15H21BrClN. The Bertz CT molecular complexity index is 399. The van der Waals surface area contributed by atoms with Crippen molar-refractivity contribution in [1.29, 1.82) is 0 Å². The molecule has 18 heavy (non-hydrogen) atoms. The lowest BCUT2D eigenvalue weighted by Crippen LogP contribution is -2.33. The van der Waals surface area contributed by atoms with Gasteiger partial charge in [-0.05, 0) is 51.9 Å². The maximum Gasteiger partial charge on any atom is 0.0551 e. The van der Waals surface area contributed by atoms with Crippen molar-refractivity contribution in [2.75, 3.05) is 6.54 Å². The van der Waals surface area contributed by atoms with Gasteiger partial charge in [0.2, 0.25) is 0 Å². The summed E-state index contributed by atoms with van der Waals surface area (Å²) in [6.45, 7) is 4.43. The van der Waals surface area contributed by atoms with Crippen LogP contribution in [0.4, 0.5) is 0 Å². The Hall–Kier alpha value is -0.0500. The van der Waals surface area contributed by atoms with Gasteiger partial charge in [0.15, 0.2) is 0 Å². The average molecular weight is 331 g/mol. The Morgan fingerprint density at radius 3 is 2.67 bits per heavy atom. The molecule has 0 heterocycles. The molecule has 0 aliphatic heterocycles. The topological polar surface area (TPSA) is 12.0 Å². The van der Waals surface area contributed by atoms with E-state index in [0.29, 0.717) is 5.41 Å². The molecule has 0 spiro atoms. The highest BCUT2D eigenvalue weighted by Crippen LogP contribution is 2.35. The van der Waals surface area contributed by atoms with E-state index in [4.69, 9.17) is 11.6 Å². The summed E-state index contributed by atoms with van der Waals surface area (Å²) in [7, 11) is 0. The van der Waals surface area contributed by atoms with Gasteiger partial charge in [-0.25, -0.2) is 0 Å². The molecule has 0 aromatic heterocycles. The quantitative estimate of drug-likeness (QED) is 0.803. The van der Waals surface area contributed by atoms with Crippen LogP contribution in [0.2, 0.25) is 5.02 Å². The first-order chi connectivity index (χ1) is 8.59. The molecule has 0 amide bonds. The minimum Gasteiger partial charge on any atom is -0.312 e. The first-order valence-electron chi connectivity index (χ1n) is 6.74. The van der Waals surface area contributed by atoms with Gasteiger partial charge in [0.05, 0.1) is 5.02 Å². The lowest BCUT2D eigenvalue weighted by Gasteiger charge is -2.33. The Morgan fingerprint density at radius 2 is 2.00 bits per heavy atom. The van der Waals surface area contributed by atoms with E-state index in [1.165, 1.54) is 37.7 Å². The van der Waals surface area contributed by atoms with Gasteiger partial charge in [-0.3, -0.25) is 0 Å². The Kier molecular flexibility index (Phi) is 5.11. The number of benzene rings is 1. The van der Waals surface area contributed by atoms with E-state index in [2.05, 4.69) is 34.2 Å². The van der Waals surface area contributed by atoms with Crippen LogP contribution < -0.4 is 5.32 Å². The molecule has 0 bridgehead atoms. The molecule has 1 fully saturated rings. The molecule has 1 aromatic rings. The van der Waals surface area contributed by atoms with Crippen LogP contribution in [0.1, 0.15) is 44.6 Å². The van der Waals surface area contributed by atoms with Crippen molar-refractivity contribution in [2.24, 2.45) is 5.41 Å². The maximum absolute atomic E-state index is 6.09. The largest absolute Gasteiger partial charge is 0.312 e. The Labute approximate surface area is 123 Å². The number of halogens is 2. The molecule has 0 unspecified atom stereocenters. The minimum absolute atomic E-state index is 0.497. The summed E-state index contributed by atoms with van der Waals surface area (Å²) in [4.78, 5) is 0. The SMILES string of the molecule is CC1(CNCc2ccc(Br)c(Cl)c2)CCCCC1. The van der Waals surface area contributed by atoms with Crippen LogP contribution >= 0.6 is 27.5 Å². The maximum atomic E-state index is 6.09. The lowest BCUT2D eigenvalue weighted by atomic mass is 9.76. The standard InChI is InChI=1S/C15H21BrClN/c1-15(7-3-2-4-8-15)11-18-10-12-5-6-13(16)14(17)9-12/h5-6,9,18H,2-4,7-8,10-11H2,1H3. The zero-order valence-electron chi connectivity index (χ0n) is 10.9. The summed E-state index contributed by atoms with van der Waals surface area (Å²) >= 11 is 9.51. The van der Waals surface area contributed by atoms with Crippen molar-refractivity contribution in [3.8, 4) is 0 Å². The van der Waals surface area contributed by atoms with Crippen LogP contribution in [-0.2, 0) is 6.54 Å². The van der Waals surface area contributed by atoms with Gasteiger partial charge in [0.25, 0.3) is 0 Å². The first kappa shape index (κ1) is 14.4. The molecule has 100 valence electrons. The zero-order valence-corrected chi connectivity index (χ0v) is 13.3. The van der Waals surface area contributed by atoms with Crippen LogP contribution in [0.5, 0.6) is 0 Å². The fourth-order valence-electron chi connectivity index (χ4n) is 2.74. The van der Waals surface area contributed by atoms with Gasteiger partial charge < -0.3 is 5.32 Å². The number of hydrogen-bond acceptors (Lipinski definition) is 1. The molecule has 2 rings (SSSR count). The normalized spacial score (nSPS) is 18.8. The van der Waals surface area contributed by atoms with Crippen molar-refractivity contribution in [3.63, 3.8) is 0 Å². The molecule has 0 atom stereocenters. The molecule has 1 aliphatic carbocycles. The van der Waals surface area contributed by atoms with Gasteiger partial charge in [-0.15, -0.1) is 0 Å². The third kappa shape index (κ3) is 3.97. The molecule has 1 aromatic carbocycles. The predicted octanol–water partition coefficient (Wildman–Crippen LogP) is 5.16. The second-order valence-corrected chi connectivity index (χ2v) is 6.98. The monoisotopic (exact) mass is 329 g/mol. The van der Waals surface area contributed by atoms with Crippen LogP contribution in [0.15, 0.2) is 22.7 Å². The summed E-state index contributed by atoms with van der Waals surface area (Å²) in [5.74, 6) is 0. The number of rotatable bonds is 4. The fraction of sp³-hybridized carbons (Fsp3) is 0.600. The molecule has 1 N–H and O–H groups in total. The third-order valence-corrected chi connectivity index (χ3v) is 5.16. The van der Waals surface area contributed by atoms with E-state index in [-0.39, 0.29) is 0 Å². The Morgan fingerprint density at radius 1 is 1.28 bits per heavy atom. The van der Waals surface area contributed by atoms with E-state index < -0.39 is 0 Å². The molecule has 3 heteroatoms. The van der Waals surface area contributed by atoms with Crippen LogP contribution in [0.3, 0.4) is 0 Å². The van der Waals surface area contributed by atoms with Crippen LogP contribution in [-0.4, -0.2) is 6.54 Å². The molecule has 1 aliphatic rings. The molecule has 0 saturated heterocycles. The second kappa shape index (κ2) is 6.40. The van der Waals surface area contributed by atoms with Crippen LogP contribution in [0.25, 0.3) is 0 Å². The van der Waals surface area contributed by atoms with E-state index in [9.17, 15) is 0 Å². The number of nitrogens with one attached hydrogen (secondary N) is 1. The third-order valence-electron chi connectivity index (χ3n) is 3.93. The van der Waals surface area contributed by atoms with Gasteiger partial charge >= 0.3 is 0 Å². The summed E-state index contributed by atoms with van der Waals surface area (Å²) in [6.07, 6.45) is 6.92. The van der Waals surface area contributed by atoms with E-state index in [1.54, 1.807) is 0 Å². The van der Waals surface area contributed by atoms with Gasteiger partial charge in [-0.2, -0.15) is 0 Å². The van der Waals surface area contributed by atoms with E-state index >= 15 is 0 Å². The van der Waals surface area contributed by atoms with Crippen molar-refractivity contribution in [2.45, 2.75) is 45.6 Å². The summed E-state index contributed by atoms with van der Waals surface area (Å²) in [5.41, 5.74) is 1.75. The summed E-state index contributed by atoms with van der Waals surface area (Å²) in [6, 6.07) is 6.16. The molecule has 1 saturated carbocycles. The highest BCUT2D eigenvalue weighted by atomic mass is 79.9. The Balaban J connectivity index is 1.82. The minimum atomic E-state index is 0.497. The predicted molar refractivity (Wildman–Crippen MR) is 82.1 cm³/mol. The number of hydrogen-bond donors (Lipinski definition) is 1. The lowest BCUT2D eigenvalue weighted by molar-refractivity contribution is 0.207. The molecule has 0 radical (unpaired) electrons. The second-order valence-electron chi connectivity index (χ2n) is 5.72. The molecule has 1 nitrogen and oxygen atoms in total. The summed E-state index contributed by atoms with van der Waals surface area (Å²) in [5, 5.41) is 4.37. The zero-order chi connectivity index (χ0) is 13.0.